The van der Waals surface area contributed by atoms with Gasteiger partial charge in [-0.05, 0) is 35.9 Å². The molecule has 0 saturated heterocycles. The van der Waals surface area contributed by atoms with Crippen molar-refractivity contribution in [1.82, 2.24) is 0 Å². The third kappa shape index (κ3) is 5.10. The Kier molecular flexibility index (Phi) is 6.42. The lowest BCUT2D eigenvalue weighted by atomic mass is 10.1. The summed E-state index contributed by atoms with van der Waals surface area (Å²) in [6, 6.07) is 20.3. The maximum absolute atomic E-state index is 12.2. The Bertz CT molecular complexity index is 1000. The highest BCUT2D eigenvalue weighted by Crippen LogP contribution is 2.26. The second kappa shape index (κ2) is 9.36. The Hall–Kier alpha value is -3.87. The predicted octanol–water partition coefficient (Wildman–Crippen LogP) is 4.54. The van der Waals surface area contributed by atoms with E-state index in [0.29, 0.717) is 29.2 Å². The van der Waals surface area contributed by atoms with Gasteiger partial charge in [-0.2, -0.15) is 0 Å². The van der Waals surface area contributed by atoms with Crippen LogP contribution in [0.5, 0.6) is 11.5 Å². The Morgan fingerprint density at radius 2 is 1.55 bits per heavy atom. The van der Waals surface area contributed by atoms with E-state index in [1.165, 1.54) is 6.07 Å². The van der Waals surface area contributed by atoms with E-state index in [0.717, 1.165) is 5.56 Å². The zero-order valence-electron chi connectivity index (χ0n) is 15.7. The second-order valence-electron chi connectivity index (χ2n) is 6.10. The lowest BCUT2D eigenvalue weighted by Crippen LogP contribution is -2.07. The van der Waals surface area contributed by atoms with E-state index in [1.807, 2.05) is 24.3 Å². The molecule has 0 spiro atoms. The Morgan fingerprint density at radius 3 is 2.24 bits per heavy atom. The number of hydrogen-bond donors (Lipinski definition) is 0. The van der Waals surface area contributed by atoms with E-state index in [1.54, 1.807) is 49.6 Å². The lowest BCUT2D eigenvalue weighted by molar-refractivity contribution is -0.385. The molecule has 7 nitrogen and oxygen atoms in total. The minimum atomic E-state index is -0.555. The summed E-state index contributed by atoms with van der Waals surface area (Å²) < 4.78 is 16.2. The fourth-order valence-corrected chi connectivity index (χ4v) is 2.67. The first-order valence-electron chi connectivity index (χ1n) is 8.82. The third-order valence-electron chi connectivity index (χ3n) is 4.20. The van der Waals surface area contributed by atoms with Crippen molar-refractivity contribution < 1.29 is 23.9 Å². The highest BCUT2D eigenvalue weighted by Gasteiger charge is 2.15. The van der Waals surface area contributed by atoms with Crippen LogP contribution in [0.4, 0.5) is 5.69 Å². The van der Waals surface area contributed by atoms with Gasteiger partial charge in [-0.3, -0.25) is 10.1 Å². The fraction of sp³-hybridized carbons (Fsp3) is 0.136. The van der Waals surface area contributed by atoms with Gasteiger partial charge in [0.05, 0.1) is 23.2 Å². The molecule has 29 heavy (non-hydrogen) atoms. The number of nitro benzene ring substituents is 1. The van der Waals surface area contributed by atoms with Gasteiger partial charge in [0.2, 0.25) is 0 Å². The van der Waals surface area contributed by atoms with Crippen molar-refractivity contribution in [3.05, 3.63) is 99.6 Å². The Morgan fingerprint density at radius 1 is 0.897 bits per heavy atom. The van der Waals surface area contributed by atoms with Gasteiger partial charge in [-0.1, -0.05) is 36.4 Å². The van der Waals surface area contributed by atoms with Gasteiger partial charge >= 0.3 is 5.97 Å². The first kappa shape index (κ1) is 19.9. The number of esters is 1. The summed E-state index contributed by atoms with van der Waals surface area (Å²) in [7, 11) is 1.58. The summed E-state index contributed by atoms with van der Waals surface area (Å²) in [6.07, 6.45) is 0. The van der Waals surface area contributed by atoms with Crippen LogP contribution >= 0.6 is 0 Å². The number of nitrogens with zero attached hydrogens (tertiary/aromatic N) is 1. The minimum absolute atomic E-state index is 0.0795. The normalized spacial score (nSPS) is 10.2. The van der Waals surface area contributed by atoms with E-state index in [4.69, 9.17) is 14.2 Å². The van der Waals surface area contributed by atoms with E-state index in [9.17, 15) is 14.9 Å². The standard InChI is InChI=1S/C22H19NO6/c1-27-20-8-4-5-9-21(20)28-14-16-10-12-17(13-11-16)22(24)29-15-18-6-2-3-7-19(18)23(25)26/h2-13H,14-15H2,1H3. The van der Waals surface area contributed by atoms with Gasteiger partial charge in [0, 0.05) is 6.07 Å². The highest BCUT2D eigenvalue weighted by atomic mass is 16.6. The first-order chi connectivity index (χ1) is 14.1. The molecule has 0 radical (unpaired) electrons. The van der Waals surface area contributed by atoms with Gasteiger partial charge in [0.15, 0.2) is 11.5 Å². The molecular weight excluding hydrogens is 374 g/mol. The maximum atomic E-state index is 12.2. The number of carbonyl (C=O) groups excluding carboxylic acids is 1. The molecule has 148 valence electrons. The molecule has 0 bridgehead atoms. The van der Waals surface area contributed by atoms with Crippen LogP contribution < -0.4 is 9.47 Å². The number of carbonyl (C=O) groups is 1. The van der Waals surface area contributed by atoms with Crippen molar-refractivity contribution in [3.8, 4) is 11.5 Å². The predicted molar refractivity (Wildman–Crippen MR) is 106 cm³/mol. The van der Waals surface area contributed by atoms with E-state index < -0.39 is 10.9 Å². The molecule has 0 aliphatic rings. The van der Waals surface area contributed by atoms with Crippen molar-refractivity contribution in [2.24, 2.45) is 0 Å². The molecule has 7 heteroatoms. The highest BCUT2D eigenvalue weighted by molar-refractivity contribution is 5.89. The van der Waals surface area contributed by atoms with Crippen molar-refractivity contribution in [1.29, 1.82) is 0 Å². The van der Waals surface area contributed by atoms with Crippen LogP contribution in [-0.2, 0) is 18.0 Å². The van der Waals surface area contributed by atoms with Crippen molar-refractivity contribution >= 4 is 11.7 Å². The Labute approximate surface area is 167 Å². The first-order valence-corrected chi connectivity index (χ1v) is 8.82. The van der Waals surface area contributed by atoms with Crippen molar-refractivity contribution in [2.75, 3.05) is 7.11 Å². The van der Waals surface area contributed by atoms with Crippen LogP contribution in [-0.4, -0.2) is 18.0 Å². The molecule has 0 saturated carbocycles. The van der Waals surface area contributed by atoms with Gasteiger partial charge < -0.3 is 14.2 Å². The number of methoxy groups -OCH3 is 1. The van der Waals surface area contributed by atoms with Crippen LogP contribution in [0.15, 0.2) is 72.8 Å². The van der Waals surface area contributed by atoms with Crippen molar-refractivity contribution in [3.63, 3.8) is 0 Å². The smallest absolute Gasteiger partial charge is 0.338 e. The third-order valence-corrected chi connectivity index (χ3v) is 4.20. The molecule has 0 N–H and O–H groups in total. The summed E-state index contributed by atoms with van der Waals surface area (Å²) in [6.45, 7) is 0.139. The van der Waals surface area contributed by atoms with Crippen LogP contribution in [0.1, 0.15) is 21.5 Å². The molecule has 0 aliphatic heterocycles. The fourth-order valence-electron chi connectivity index (χ4n) is 2.67. The van der Waals surface area contributed by atoms with Gasteiger partial charge in [0.25, 0.3) is 5.69 Å². The Balaban J connectivity index is 1.58. The van der Waals surface area contributed by atoms with Crippen LogP contribution in [0.2, 0.25) is 0 Å². The molecular formula is C22H19NO6. The molecule has 0 unspecified atom stereocenters. The van der Waals surface area contributed by atoms with Gasteiger partial charge in [-0.25, -0.2) is 4.79 Å². The number of para-hydroxylation sites is 3. The summed E-state index contributed by atoms with van der Waals surface area (Å²) in [5, 5.41) is 11.0. The molecule has 0 fully saturated rings. The molecule has 0 aliphatic carbocycles. The summed E-state index contributed by atoms with van der Waals surface area (Å²) in [5.74, 6) is 0.714. The van der Waals surface area contributed by atoms with E-state index in [2.05, 4.69) is 0 Å². The quantitative estimate of drug-likeness (QED) is 0.317. The minimum Gasteiger partial charge on any atom is -0.493 e. The largest absolute Gasteiger partial charge is 0.493 e. The number of nitro groups is 1. The van der Waals surface area contributed by atoms with E-state index in [-0.39, 0.29) is 12.3 Å². The van der Waals surface area contributed by atoms with Crippen LogP contribution in [0.25, 0.3) is 0 Å². The number of rotatable bonds is 8. The maximum Gasteiger partial charge on any atom is 0.338 e. The molecule has 0 amide bonds. The zero-order chi connectivity index (χ0) is 20.6. The average Bonchev–Trinajstić information content (AvgIpc) is 2.76. The summed E-state index contributed by atoms with van der Waals surface area (Å²) in [4.78, 5) is 22.8. The molecule has 0 aromatic heterocycles. The topological polar surface area (TPSA) is 87.9 Å². The van der Waals surface area contributed by atoms with Gasteiger partial charge in [-0.15, -0.1) is 0 Å². The average molecular weight is 393 g/mol. The van der Waals surface area contributed by atoms with Crippen LogP contribution in [0, 0.1) is 10.1 Å². The van der Waals surface area contributed by atoms with Gasteiger partial charge in [0.1, 0.15) is 13.2 Å². The molecule has 0 heterocycles. The number of ether oxygens (including phenoxy) is 3. The molecule has 0 atom stereocenters. The zero-order valence-corrected chi connectivity index (χ0v) is 15.7. The monoisotopic (exact) mass is 393 g/mol. The van der Waals surface area contributed by atoms with Crippen molar-refractivity contribution in [2.45, 2.75) is 13.2 Å². The molecule has 3 aromatic rings. The number of benzene rings is 3. The summed E-state index contributed by atoms with van der Waals surface area (Å²) in [5.41, 5.74) is 1.48. The molecule has 3 aromatic carbocycles. The molecule has 3 rings (SSSR count). The summed E-state index contributed by atoms with van der Waals surface area (Å²) >= 11 is 0. The lowest BCUT2D eigenvalue weighted by Gasteiger charge is -2.10. The SMILES string of the molecule is COc1ccccc1OCc1ccc(C(=O)OCc2ccccc2[N+](=O)[O-])cc1. The second-order valence-corrected chi connectivity index (χ2v) is 6.10. The number of hydrogen-bond acceptors (Lipinski definition) is 6. The van der Waals surface area contributed by atoms with E-state index >= 15 is 0 Å². The van der Waals surface area contributed by atoms with Crippen LogP contribution in [0.3, 0.4) is 0 Å².